The summed E-state index contributed by atoms with van der Waals surface area (Å²) < 4.78 is 37.9. The van der Waals surface area contributed by atoms with Gasteiger partial charge in [0.1, 0.15) is 0 Å². The second-order valence-electron chi connectivity index (χ2n) is 5.08. The van der Waals surface area contributed by atoms with Crippen LogP contribution in [0.15, 0.2) is 58.3 Å². The van der Waals surface area contributed by atoms with E-state index in [4.69, 9.17) is 11.6 Å². The monoisotopic (exact) mass is 375 g/mol. The molecule has 2 aromatic carbocycles. The lowest BCUT2D eigenvalue weighted by atomic mass is 10.1. The first-order valence-corrected chi connectivity index (χ1v) is 7.94. The molecule has 2 N–H and O–H groups in total. The zero-order valence-electron chi connectivity index (χ0n) is 12.4. The van der Waals surface area contributed by atoms with Crippen molar-refractivity contribution in [2.45, 2.75) is 28.5 Å². The first-order valence-electron chi connectivity index (χ1n) is 6.74. The van der Waals surface area contributed by atoms with Crippen LogP contribution in [0, 0.1) is 0 Å². The number of alkyl halides is 3. The summed E-state index contributed by atoms with van der Waals surface area (Å²) in [5, 5.41) is 11.4. The normalized spacial score (nSPS) is 14.1. The topological polar surface area (TPSA) is 49.3 Å². The fourth-order valence-corrected chi connectivity index (χ4v) is 2.83. The average molecular weight is 376 g/mol. The van der Waals surface area contributed by atoms with Crippen LogP contribution in [0.3, 0.4) is 0 Å². The Bertz CT molecular complexity index is 736. The van der Waals surface area contributed by atoms with Gasteiger partial charge in [0.15, 0.2) is 0 Å². The fraction of sp³-hybridized carbons (Fsp3) is 0.188. The van der Waals surface area contributed by atoms with Gasteiger partial charge >= 0.3 is 6.18 Å². The van der Waals surface area contributed by atoms with Gasteiger partial charge in [-0.25, -0.2) is 0 Å². The highest BCUT2D eigenvalue weighted by Crippen LogP contribution is 2.35. The first-order chi connectivity index (χ1) is 11.1. The Morgan fingerprint density at radius 2 is 1.75 bits per heavy atom. The molecule has 128 valence electrons. The lowest BCUT2D eigenvalue weighted by Crippen LogP contribution is -2.52. The van der Waals surface area contributed by atoms with Gasteiger partial charge in [-0.2, -0.15) is 13.2 Å². The van der Waals surface area contributed by atoms with Crippen LogP contribution >= 0.6 is 23.4 Å². The van der Waals surface area contributed by atoms with E-state index in [0.717, 1.165) is 9.79 Å². The van der Waals surface area contributed by atoms with Gasteiger partial charge in [0.25, 0.3) is 5.91 Å². The Hall–Kier alpha value is -1.70. The lowest BCUT2D eigenvalue weighted by Gasteiger charge is -2.25. The standard InChI is InChI=1S/C16H13ClF3NO2S/c1-15(23,16(18,19)20)14(22)21-13-8-7-11(9-12(13)17)24-10-5-3-2-4-6-10/h2-9,23H,1H3,(H,21,22)/t15-/m0/s1. The number of amides is 1. The number of nitrogens with one attached hydrogen (secondary N) is 1. The van der Waals surface area contributed by atoms with Gasteiger partial charge in [-0.1, -0.05) is 41.6 Å². The Labute approximate surface area is 145 Å². The molecule has 1 amide bonds. The summed E-state index contributed by atoms with van der Waals surface area (Å²) in [6, 6.07) is 13.9. The molecule has 0 aromatic heterocycles. The highest BCUT2D eigenvalue weighted by atomic mass is 35.5. The van der Waals surface area contributed by atoms with E-state index in [0.29, 0.717) is 6.92 Å². The maximum atomic E-state index is 12.6. The molecule has 2 aromatic rings. The molecule has 3 nitrogen and oxygen atoms in total. The fourth-order valence-electron chi connectivity index (χ4n) is 1.66. The van der Waals surface area contributed by atoms with Crippen molar-refractivity contribution in [1.82, 2.24) is 0 Å². The lowest BCUT2D eigenvalue weighted by molar-refractivity contribution is -0.242. The smallest absolute Gasteiger partial charge is 0.373 e. The molecule has 0 unspecified atom stereocenters. The first kappa shape index (κ1) is 18.6. The van der Waals surface area contributed by atoms with Crippen molar-refractivity contribution < 1.29 is 23.1 Å². The van der Waals surface area contributed by atoms with Gasteiger partial charge < -0.3 is 10.4 Å². The SMILES string of the molecule is C[C@](O)(C(=O)Nc1ccc(Sc2ccccc2)cc1Cl)C(F)(F)F. The Kier molecular flexibility index (Phi) is 5.47. The van der Waals surface area contributed by atoms with E-state index in [-0.39, 0.29) is 10.7 Å². The van der Waals surface area contributed by atoms with E-state index in [2.05, 4.69) is 0 Å². The molecule has 0 fully saturated rings. The molecule has 0 saturated heterocycles. The Morgan fingerprint density at radius 1 is 1.12 bits per heavy atom. The summed E-state index contributed by atoms with van der Waals surface area (Å²) in [5.41, 5.74) is -3.52. The van der Waals surface area contributed by atoms with Crippen LogP contribution in [-0.2, 0) is 4.79 Å². The third kappa shape index (κ3) is 4.23. The van der Waals surface area contributed by atoms with E-state index in [1.807, 2.05) is 35.6 Å². The predicted octanol–water partition coefficient (Wildman–Crippen LogP) is 4.74. The van der Waals surface area contributed by atoms with E-state index >= 15 is 0 Å². The van der Waals surface area contributed by atoms with Crippen LogP contribution in [0.1, 0.15) is 6.92 Å². The van der Waals surface area contributed by atoms with Gasteiger partial charge in [-0.05, 0) is 37.3 Å². The minimum absolute atomic E-state index is 0.0106. The second kappa shape index (κ2) is 7.04. The van der Waals surface area contributed by atoms with Gasteiger partial charge in [0.05, 0.1) is 10.7 Å². The molecule has 1 atom stereocenters. The maximum Gasteiger partial charge on any atom is 0.426 e. The van der Waals surface area contributed by atoms with Gasteiger partial charge in [-0.15, -0.1) is 0 Å². The van der Waals surface area contributed by atoms with Crippen molar-refractivity contribution in [2.75, 3.05) is 5.32 Å². The number of carbonyl (C=O) groups excluding carboxylic acids is 1. The predicted molar refractivity (Wildman–Crippen MR) is 87.3 cm³/mol. The van der Waals surface area contributed by atoms with E-state index in [1.165, 1.54) is 23.9 Å². The van der Waals surface area contributed by atoms with Crippen LogP contribution in [-0.4, -0.2) is 22.8 Å². The van der Waals surface area contributed by atoms with Crippen molar-refractivity contribution in [1.29, 1.82) is 0 Å². The third-order valence-corrected chi connectivity index (χ3v) is 4.47. The Morgan fingerprint density at radius 3 is 2.29 bits per heavy atom. The van der Waals surface area contributed by atoms with Crippen LogP contribution < -0.4 is 5.32 Å². The van der Waals surface area contributed by atoms with Crippen molar-refractivity contribution in [3.05, 3.63) is 53.6 Å². The summed E-state index contributed by atoms with van der Waals surface area (Å²) in [4.78, 5) is 13.4. The summed E-state index contributed by atoms with van der Waals surface area (Å²) in [6.45, 7) is 0.385. The minimum atomic E-state index is -5.09. The molecule has 0 radical (unpaired) electrons. The number of aliphatic hydroxyl groups is 1. The summed E-state index contributed by atoms with van der Waals surface area (Å²) in [5.74, 6) is -1.60. The van der Waals surface area contributed by atoms with Gasteiger partial charge in [-0.3, -0.25) is 4.79 Å². The van der Waals surface area contributed by atoms with E-state index in [1.54, 1.807) is 6.07 Å². The number of benzene rings is 2. The highest BCUT2D eigenvalue weighted by Gasteiger charge is 2.55. The zero-order chi connectivity index (χ0) is 18.0. The number of rotatable bonds is 4. The molecule has 0 heterocycles. The van der Waals surface area contributed by atoms with Crippen molar-refractivity contribution in [3.63, 3.8) is 0 Å². The number of carbonyl (C=O) groups is 1. The molecule has 0 saturated carbocycles. The third-order valence-electron chi connectivity index (χ3n) is 3.16. The second-order valence-corrected chi connectivity index (χ2v) is 6.63. The van der Waals surface area contributed by atoms with Gasteiger partial charge in [0, 0.05) is 9.79 Å². The van der Waals surface area contributed by atoms with Crippen LogP contribution in [0.25, 0.3) is 0 Å². The summed E-state index contributed by atoms with van der Waals surface area (Å²) in [6.07, 6.45) is -5.09. The number of halogens is 4. The maximum absolute atomic E-state index is 12.6. The summed E-state index contributed by atoms with van der Waals surface area (Å²) >= 11 is 7.43. The molecule has 0 spiro atoms. The number of anilines is 1. The molecule has 24 heavy (non-hydrogen) atoms. The van der Waals surface area contributed by atoms with Crippen LogP contribution in [0.5, 0.6) is 0 Å². The summed E-state index contributed by atoms with van der Waals surface area (Å²) in [7, 11) is 0. The molecule has 0 aliphatic heterocycles. The Balaban J connectivity index is 2.14. The van der Waals surface area contributed by atoms with Gasteiger partial charge in [0.2, 0.25) is 5.60 Å². The van der Waals surface area contributed by atoms with E-state index < -0.39 is 17.7 Å². The van der Waals surface area contributed by atoms with Crippen LogP contribution in [0.2, 0.25) is 5.02 Å². The molecular formula is C16H13ClF3NO2S. The molecule has 0 aliphatic carbocycles. The molecule has 8 heteroatoms. The van der Waals surface area contributed by atoms with Crippen LogP contribution in [0.4, 0.5) is 18.9 Å². The molecular weight excluding hydrogens is 363 g/mol. The largest absolute Gasteiger partial charge is 0.426 e. The number of hydrogen-bond donors (Lipinski definition) is 2. The van der Waals surface area contributed by atoms with Crippen molar-refractivity contribution in [2.24, 2.45) is 0 Å². The minimum Gasteiger partial charge on any atom is -0.373 e. The quantitative estimate of drug-likeness (QED) is 0.811. The molecule has 0 bridgehead atoms. The van der Waals surface area contributed by atoms with E-state index in [9.17, 15) is 23.1 Å². The molecule has 0 aliphatic rings. The highest BCUT2D eigenvalue weighted by molar-refractivity contribution is 7.99. The van der Waals surface area contributed by atoms with Crippen molar-refractivity contribution >= 4 is 35.0 Å². The zero-order valence-corrected chi connectivity index (χ0v) is 14.0. The molecule has 2 rings (SSSR count). The average Bonchev–Trinajstić information content (AvgIpc) is 2.49. The van der Waals surface area contributed by atoms with Crippen molar-refractivity contribution in [3.8, 4) is 0 Å². The number of hydrogen-bond acceptors (Lipinski definition) is 3.